The van der Waals surface area contributed by atoms with Crippen LogP contribution in [0.15, 0.2) is 24.3 Å². The Bertz CT molecular complexity index is 829. The average Bonchev–Trinajstić information content (AvgIpc) is 2.64. The average molecular weight is 353 g/mol. The van der Waals surface area contributed by atoms with Gasteiger partial charge in [0.25, 0.3) is 5.91 Å². The van der Waals surface area contributed by atoms with E-state index in [2.05, 4.69) is 20.2 Å². The first-order valence-corrected chi connectivity index (χ1v) is 8.65. The molecule has 7 heteroatoms. The van der Waals surface area contributed by atoms with Gasteiger partial charge in [0.1, 0.15) is 17.3 Å². The topological polar surface area (TPSA) is 78.4 Å². The lowest BCUT2D eigenvalue weighted by Crippen LogP contribution is -2.46. The molecule has 1 aromatic carbocycles. The zero-order valence-electron chi connectivity index (χ0n) is 15.3. The van der Waals surface area contributed by atoms with Crippen molar-refractivity contribution >= 4 is 23.8 Å². The molecular weight excluding hydrogens is 330 g/mol. The molecule has 3 rings (SSSR count). The molecule has 2 amide bonds. The second-order valence-corrected chi connectivity index (χ2v) is 6.54. The lowest BCUT2D eigenvalue weighted by atomic mass is 10.1. The van der Waals surface area contributed by atoms with Crippen LogP contribution >= 0.6 is 0 Å². The molecule has 26 heavy (non-hydrogen) atoms. The van der Waals surface area contributed by atoms with Crippen molar-refractivity contribution in [3.05, 3.63) is 46.9 Å². The van der Waals surface area contributed by atoms with Gasteiger partial charge in [-0.15, -0.1) is 0 Å². The van der Waals surface area contributed by atoms with E-state index in [1.165, 1.54) is 5.56 Å². The van der Waals surface area contributed by atoms with Crippen molar-refractivity contribution in [2.75, 3.05) is 36.4 Å². The first kappa shape index (κ1) is 17.8. The van der Waals surface area contributed by atoms with E-state index in [4.69, 9.17) is 0 Å². The summed E-state index contributed by atoms with van der Waals surface area (Å²) in [6, 6.07) is 7.52. The van der Waals surface area contributed by atoms with Gasteiger partial charge in [0, 0.05) is 37.9 Å². The highest BCUT2D eigenvalue weighted by Gasteiger charge is 2.19. The highest BCUT2D eigenvalue weighted by Crippen LogP contribution is 2.18. The predicted octanol–water partition coefficient (Wildman–Crippen LogP) is 1.93. The molecule has 0 atom stereocenters. The van der Waals surface area contributed by atoms with Crippen LogP contribution in [0.5, 0.6) is 0 Å². The number of hydrogen-bond acceptors (Lipinski definition) is 5. The van der Waals surface area contributed by atoms with E-state index >= 15 is 0 Å². The van der Waals surface area contributed by atoms with E-state index in [1.807, 2.05) is 32.0 Å². The number of nitrogens with one attached hydrogen (secondary N) is 1. The van der Waals surface area contributed by atoms with Crippen molar-refractivity contribution in [1.29, 1.82) is 0 Å². The van der Waals surface area contributed by atoms with E-state index in [0.717, 1.165) is 17.7 Å². The highest BCUT2D eigenvalue weighted by molar-refractivity contribution is 6.03. The molecule has 0 unspecified atom stereocenters. The van der Waals surface area contributed by atoms with Gasteiger partial charge >= 0.3 is 0 Å². The molecule has 1 fully saturated rings. The molecule has 1 aliphatic rings. The minimum Gasteiger partial charge on any atom is -0.353 e. The fourth-order valence-electron chi connectivity index (χ4n) is 2.90. The van der Waals surface area contributed by atoms with Crippen LogP contribution < -0.4 is 10.2 Å². The molecule has 0 saturated carbocycles. The fourth-order valence-corrected chi connectivity index (χ4v) is 2.90. The minimum absolute atomic E-state index is 0.258. The lowest BCUT2D eigenvalue weighted by molar-refractivity contribution is -0.118. The number of hydrogen-bond donors (Lipinski definition) is 1. The van der Waals surface area contributed by atoms with Gasteiger partial charge in [-0.2, -0.15) is 0 Å². The third kappa shape index (κ3) is 3.99. The Labute approximate surface area is 153 Å². The van der Waals surface area contributed by atoms with Crippen LogP contribution in [0.3, 0.4) is 0 Å². The molecule has 1 aromatic heterocycles. The second-order valence-electron chi connectivity index (χ2n) is 6.54. The summed E-state index contributed by atoms with van der Waals surface area (Å²) < 4.78 is 0. The summed E-state index contributed by atoms with van der Waals surface area (Å²) in [5, 5.41) is 2.90. The molecule has 1 aliphatic heterocycles. The Kier molecular flexibility index (Phi) is 5.16. The molecule has 0 aliphatic carbocycles. The normalized spacial score (nSPS) is 14.3. The maximum Gasteiger partial charge on any atom is 0.274 e. The van der Waals surface area contributed by atoms with Gasteiger partial charge in [-0.25, -0.2) is 9.97 Å². The van der Waals surface area contributed by atoms with E-state index in [9.17, 15) is 9.59 Å². The number of benzene rings is 1. The van der Waals surface area contributed by atoms with Gasteiger partial charge in [-0.05, 0) is 44.0 Å². The first-order valence-electron chi connectivity index (χ1n) is 8.65. The van der Waals surface area contributed by atoms with Crippen molar-refractivity contribution in [2.45, 2.75) is 20.8 Å². The number of piperazine rings is 1. The monoisotopic (exact) mass is 353 g/mol. The Morgan fingerprint density at radius 2 is 1.77 bits per heavy atom. The van der Waals surface area contributed by atoms with Gasteiger partial charge in [0.05, 0.1) is 0 Å². The summed E-state index contributed by atoms with van der Waals surface area (Å²) in [6.07, 6.45) is 0.866. The largest absolute Gasteiger partial charge is 0.353 e. The fraction of sp³-hybridized carbons (Fsp3) is 0.368. The summed E-state index contributed by atoms with van der Waals surface area (Å²) in [6.45, 7) is 8.49. The summed E-state index contributed by atoms with van der Waals surface area (Å²) in [4.78, 5) is 36.0. The highest BCUT2D eigenvalue weighted by atomic mass is 16.2. The summed E-state index contributed by atoms with van der Waals surface area (Å²) in [5.41, 5.74) is 3.38. The zero-order chi connectivity index (χ0) is 18.7. The second kappa shape index (κ2) is 7.51. The van der Waals surface area contributed by atoms with Crippen molar-refractivity contribution in [1.82, 2.24) is 14.9 Å². The number of aryl methyl sites for hydroxylation is 3. The number of aromatic nitrogens is 2. The molecule has 136 valence electrons. The minimum atomic E-state index is -0.258. The van der Waals surface area contributed by atoms with Crippen molar-refractivity contribution < 1.29 is 9.59 Å². The SMILES string of the molecule is Cc1nc(C(=O)Nc2ccc(C)c(C)c2)cc(N2CCN(C=O)CC2)n1. The van der Waals surface area contributed by atoms with Crippen LogP contribution in [0.1, 0.15) is 27.4 Å². The smallest absolute Gasteiger partial charge is 0.274 e. The Balaban J connectivity index is 1.77. The van der Waals surface area contributed by atoms with Crippen LogP contribution in [0, 0.1) is 20.8 Å². The van der Waals surface area contributed by atoms with Crippen molar-refractivity contribution in [2.24, 2.45) is 0 Å². The Morgan fingerprint density at radius 1 is 1.04 bits per heavy atom. The van der Waals surface area contributed by atoms with Gasteiger partial charge in [0.15, 0.2) is 0 Å². The molecule has 1 saturated heterocycles. The third-order valence-electron chi connectivity index (χ3n) is 4.61. The summed E-state index contributed by atoms with van der Waals surface area (Å²) in [7, 11) is 0. The number of amides is 2. The third-order valence-corrected chi connectivity index (χ3v) is 4.61. The number of carbonyl (C=O) groups is 2. The quantitative estimate of drug-likeness (QED) is 0.850. The van der Waals surface area contributed by atoms with Gasteiger partial charge in [0.2, 0.25) is 6.41 Å². The van der Waals surface area contributed by atoms with Crippen molar-refractivity contribution in [3.8, 4) is 0 Å². The van der Waals surface area contributed by atoms with Crippen LogP contribution in [0.2, 0.25) is 0 Å². The lowest BCUT2D eigenvalue weighted by Gasteiger charge is -2.33. The standard InChI is InChI=1S/C19H23N5O2/c1-13-4-5-16(10-14(13)2)22-19(26)17-11-18(21-15(3)20-17)24-8-6-23(12-25)7-9-24/h4-5,10-12H,6-9H2,1-3H3,(H,22,26). The molecule has 2 heterocycles. The molecule has 0 bridgehead atoms. The molecule has 0 spiro atoms. The molecule has 0 radical (unpaired) electrons. The van der Waals surface area contributed by atoms with Crippen LogP contribution in [-0.2, 0) is 4.79 Å². The van der Waals surface area contributed by atoms with Crippen molar-refractivity contribution in [3.63, 3.8) is 0 Å². The predicted molar refractivity (Wildman–Crippen MR) is 100 cm³/mol. The number of nitrogens with zero attached hydrogens (tertiary/aromatic N) is 4. The maximum atomic E-state index is 12.6. The molecular formula is C19H23N5O2. The number of anilines is 2. The van der Waals surface area contributed by atoms with Crippen LogP contribution in [0.4, 0.5) is 11.5 Å². The van der Waals surface area contributed by atoms with E-state index < -0.39 is 0 Å². The first-order chi connectivity index (χ1) is 12.5. The molecule has 7 nitrogen and oxygen atoms in total. The zero-order valence-corrected chi connectivity index (χ0v) is 15.3. The van der Waals surface area contributed by atoms with E-state index in [-0.39, 0.29) is 5.91 Å². The maximum absolute atomic E-state index is 12.6. The van der Waals surface area contributed by atoms with Gasteiger partial charge in [-0.3, -0.25) is 9.59 Å². The summed E-state index contributed by atoms with van der Waals surface area (Å²) in [5.74, 6) is 1.00. The van der Waals surface area contributed by atoms with Crippen LogP contribution in [-0.4, -0.2) is 53.4 Å². The number of carbonyl (C=O) groups excluding carboxylic acids is 2. The van der Waals surface area contributed by atoms with E-state index in [0.29, 0.717) is 43.5 Å². The Hall–Kier alpha value is -2.96. The number of rotatable bonds is 4. The van der Waals surface area contributed by atoms with E-state index in [1.54, 1.807) is 17.9 Å². The summed E-state index contributed by atoms with van der Waals surface area (Å²) >= 11 is 0. The van der Waals surface area contributed by atoms with Gasteiger partial charge in [-0.1, -0.05) is 6.07 Å². The van der Waals surface area contributed by atoms with Crippen LogP contribution in [0.25, 0.3) is 0 Å². The molecule has 2 aromatic rings. The molecule has 1 N–H and O–H groups in total. The van der Waals surface area contributed by atoms with Gasteiger partial charge < -0.3 is 15.1 Å². The Morgan fingerprint density at radius 3 is 2.42 bits per heavy atom.